The van der Waals surface area contributed by atoms with Crippen molar-refractivity contribution in [3.63, 3.8) is 0 Å². The van der Waals surface area contributed by atoms with Crippen molar-refractivity contribution in [2.24, 2.45) is 0 Å². The molecule has 8 heteroatoms. The predicted octanol–water partition coefficient (Wildman–Crippen LogP) is 3.97. The van der Waals surface area contributed by atoms with E-state index < -0.39 is 10.1 Å². The molecular weight excluding hydrogens is 438 g/mol. The van der Waals surface area contributed by atoms with Crippen molar-refractivity contribution in [3.8, 4) is 28.7 Å². The summed E-state index contributed by atoms with van der Waals surface area (Å²) >= 11 is 5.91. The molecule has 1 aromatic heterocycles. The molecule has 0 saturated carbocycles. The lowest BCUT2D eigenvalue weighted by Gasteiger charge is -2.08. The molecule has 0 saturated heterocycles. The highest BCUT2D eigenvalue weighted by molar-refractivity contribution is 7.85. The first-order chi connectivity index (χ1) is 14.8. The first kappa shape index (κ1) is 22.5. The minimum absolute atomic E-state index is 0.0111. The van der Waals surface area contributed by atoms with Gasteiger partial charge in [0.2, 0.25) is 0 Å². The Hall–Kier alpha value is -3.18. The minimum atomic E-state index is -3.53. The van der Waals surface area contributed by atoms with E-state index >= 15 is 0 Å². The molecule has 0 bridgehead atoms. The number of pyridine rings is 1. The van der Waals surface area contributed by atoms with E-state index in [2.05, 4.69) is 21.0 Å². The molecule has 0 atom stereocenters. The van der Waals surface area contributed by atoms with Crippen LogP contribution in [0.4, 0.5) is 0 Å². The van der Waals surface area contributed by atoms with Crippen molar-refractivity contribution in [2.45, 2.75) is 0 Å². The summed E-state index contributed by atoms with van der Waals surface area (Å²) in [5, 5.41) is 0.674. The third-order valence-electron chi connectivity index (χ3n) is 4.05. The first-order valence-corrected chi connectivity index (χ1v) is 11.3. The van der Waals surface area contributed by atoms with Crippen molar-refractivity contribution >= 4 is 28.0 Å². The van der Waals surface area contributed by atoms with Crippen LogP contribution in [0.25, 0.3) is 11.1 Å². The largest absolute Gasteiger partial charge is 0.490 e. The van der Waals surface area contributed by atoms with E-state index in [4.69, 9.17) is 16.3 Å². The van der Waals surface area contributed by atoms with Gasteiger partial charge in [0.15, 0.2) is 6.29 Å². The summed E-state index contributed by atoms with van der Waals surface area (Å²) in [4.78, 5) is 15.7. The van der Waals surface area contributed by atoms with Crippen LogP contribution >= 0.6 is 11.6 Å². The first-order valence-electron chi connectivity index (χ1n) is 9.14. The zero-order chi connectivity index (χ0) is 22.3. The van der Waals surface area contributed by atoms with Crippen LogP contribution in [0.2, 0.25) is 5.02 Å². The Bertz CT molecular complexity index is 1230. The standard InChI is InChI=1S/C23H18ClNO5S/c1-31(27,28)30-13-12-29-23-11-3-17(14-20(23)16-26)2-9-22-10-6-19(15-25-22)18-4-7-21(24)8-5-18/h3-8,10-11,14-16H,12-13H2,1H3. The number of halogens is 1. The summed E-state index contributed by atoms with van der Waals surface area (Å²) in [6, 6.07) is 16.1. The van der Waals surface area contributed by atoms with Gasteiger partial charge in [0.05, 0.1) is 11.8 Å². The van der Waals surface area contributed by atoms with Gasteiger partial charge >= 0.3 is 0 Å². The van der Waals surface area contributed by atoms with Crippen LogP contribution in [0, 0.1) is 11.8 Å². The fourth-order valence-corrected chi connectivity index (χ4v) is 3.10. The second-order valence-corrected chi connectivity index (χ2v) is 8.51. The number of carbonyl (C=O) groups excluding carboxylic acids is 1. The Labute approximate surface area is 185 Å². The van der Waals surface area contributed by atoms with E-state index in [0.717, 1.165) is 17.4 Å². The topological polar surface area (TPSA) is 82.6 Å². The summed E-state index contributed by atoms with van der Waals surface area (Å²) in [6.45, 7) is -0.154. The molecule has 158 valence electrons. The van der Waals surface area contributed by atoms with Crippen LogP contribution in [0.3, 0.4) is 0 Å². The third-order valence-corrected chi connectivity index (χ3v) is 4.90. The number of rotatable bonds is 7. The molecule has 3 rings (SSSR count). The number of ether oxygens (including phenoxy) is 1. The number of nitrogens with zero attached hydrogens (tertiary/aromatic N) is 1. The summed E-state index contributed by atoms with van der Waals surface area (Å²) < 4.78 is 31.9. The number of hydrogen-bond donors (Lipinski definition) is 0. The molecule has 0 aliphatic rings. The maximum atomic E-state index is 11.4. The van der Waals surface area contributed by atoms with Gasteiger partial charge in [-0.25, -0.2) is 4.98 Å². The fraction of sp³-hybridized carbons (Fsp3) is 0.130. The maximum Gasteiger partial charge on any atom is 0.264 e. The predicted molar refractivity (Wildman–Crippen MR) is 119 cm³/mol. The van der Waals surface area contributed by atoms with E-state index in [1.54, 1.807) is 24.4 Å². The highest BCUT2D eigenvalue weighted by Gasteiger charge is 2.06. The van der Waals surface area contributed by atoms with Crippen LogP contribution < -0.4 is 4.74 Å². The van der Waals surface area contributed by atoms with Gasteiger partial charge in [-0.2, -0.15) is 8.42 Å². The summed E-state index contributed by atoms with van der Waals surface area (Å²) in [5.41, 5.74) is 3.46. The third kappa shape index (κ3) is 6.93. The molecule has 0 aliphatic heterocycles. The van der Waals surface area contributed by atoms with Gasteiger partial charge in [0.25, 0.3) is 10.1 Å². The van der Waals surface area contributed by atoms with E-state index in [1.807, 2.05) is 36.4 Å². The van der Waals surface area contributed by atoms with Gasteiger partial charge in [0.1, 0.15) is 24.7 Å². The van der Waals surface area contributed by atoms with Gasteiger partial charge in [-0.05, 0) is 47.9 Å². The zero-order valence-electron chi connectivity index (χ0n) is 16.5. The molecule has 0 unspecified atom stereocenters. The van der Waals surface area contributed by atoms with Crippen LogP contribution in [0.1, 0.15) is 21.6 Å². The van der Waals surface area contributed by atoms with Crippen LogP contribution in [0.5, 0.6) is 5.75 Å². The van der Waals surface area contributed by atoms with Crippen LogP contribution in [0.15, 0.2) is 60.8 Å². The van der Waals surface area contributed by atoms with Gasteiger partial charge < -0.3 is 4.74 Å². The highest BCUT2D eigenvalue weighted by Crippen LogP contribution is 2.21. The number of benzene rings is 2. The maximum absolute atomic E-state index is 11.4. The molecule has 31 heavy (non-hydrogen) atoms. The molecule has 6 nitrogen and oxygen atoms in total. The van der Waals surface area contributed by atoms with Crippen molar-refractivity contribution < 1.29 is 22.1 Å². The molecule has 0 aliphatic carbocycles. The highest BCUT2D eigenvalue weighted by atomic mass is 35.5. The number of carbonyl (C=O) groups is 1. The van der Waals surface area contributed by atoms with E-state index in [0.29, 0.717) is 33.9 Å². The number of hydrogen-bond acceptors (Lipinski definition) is 6. The average Bonchev–Trinajstić information content (AvgIpc) is 2.76. The van der Waals surface area contributed by atoms with Crippen molar-refractivity contribution in [2.75, 3.05) is 19.5 Å². The molecule has 3 aromatic rings. The Morgan fingerprint density at radius 2 is 1.74 bits per heavy atom. The van der Waals surface area contributed by atoms with Gasteiger partial charge in [-0.3, -0.25) is 8.98 Å². The molecule has 1 heterocycles. The van der Waals surface area contributed by atoms with Crippen LogP contribution in [-0.2, 0) is 14.3 Å². The molecule has 0 N–H and O–H groups in total. The fourth-order valence-electron chi connectivity index (χ4n) is 2.60. The van der Waals surface area contributed by atoms with Gasteiger partial charge in [-0.1, -0.05) is 35.7 Å². The molecule has 0 amide bonds. The smallest absolute Gasteiger partial charge is 0.264 e. The molecule has 0 radical (unpaired) electrons. The minimum Gasteiger partial charge on any atom is -0.490 e. The Balaban J connectivity index is 1.67. The quantitative estimate of drug-likeness (QED) is 0.232. The molecule has 2 aromatic carbocycles. The number of aldehydes is 1. The summed E-state index contributed by atoms with van der Waals surface area (Å²) in [5.74, 6) is 6.25. The summed E-state index contributed by atoms with van der Waals surface area (Å²) in [7, 11) is -3.53. The second-order valence-electron chi connectivity index (χ2n) is 6.43. The Morgan fingerprint density at radius 3 is 2.39 bits per heavy atom. The lowest BCUT2D eigenvalue weighted by atomic mass is 10.1. The normalized spacial score (nSPS) is 10.8. The van der Waals surface area contributed by atoms with Crippen molar-refractivity contribution in [1.29, 1.82) is 0 Å². The average molecular weight is 456 g/mol. The van der Waals surface area contributed by atoms with Gasteiger partial charge in [0, 0.05) is 22.3 Å². The van der Waals surface area contributed by atoms with E-state index in [-0.39, 0.29) is 13.2 Å². The zero-order valence-corrected chi connectivity index (χ0v) is 18.1. The summed E-state index contributed by atoms with van der Waals surface area (Å²) in [6.07, 6.45) is 3.34. The van der Waals surface area contributed by atoms with Gasteiger partial charge in [-0.15, -0.1) is 0 Å². The lowest BCUT2D eigenvalue weighted by molar-refractivity contribution is 0.111. The SMILES string of the molecule is CS(=O)(=O)OCCOc1ccc(C#Cc2ccc(-c3ccc(Cl)cc3)cn2)cc1C=O. The van der Waals surface area contributed by atoms with Crippen molar-refractivity contribution in [1.82, 2.24) is 4.98 Å². The lowest BCUT2D eigenvalue weighted by Crippen LogP contribution is -2.11. The van der Waals surface area contributed by atoms with E-state index in [9.17, 15) is 13.2 Å². The van der Waals surface area contributed by atoms with Crippen molar-refractivity contribution in [3.05, 3.63) is 82.6 Å². The Kier molecular flexibility index (Phi) is 7.42. The monoisotopic (exact) mass is 455 g/mol. The number of aromatic nitrogens is 1. The molecule has 0 fully saturated rings. The van der Waals surface area contributed by atoms with Crippen LogP contribution in [-0.4, -0.2) is 39.2 Å². The molecular formula is C23H18ClNO5S. The molecule has 0 spiro atoms. The second kappa shape index (κ2) is 10.2. The van der Waals surface area contributed by atoms with E-state index in [1.165, 1.54) is 0 Å². The Morgan fingerprint density at radius 1 is 1.00 bits per heavy atom.